The molecule has 0 aliphatic carbocycles. The van der Waals surface area contributed by atoms with E-state index >= 15 is 0 Å². The lowest BCUT2D eigenvalue weighted by atomic mass is 10.2. The standard InChI is InChI=1S/C15H17N5OS/c1-11-17-13(9-21-11)10-22-15-19-18-14(7-16)20(15)8-12-5-3-2-4-6-12/h2-6,9H,7-8,10,16H2,1H3. The third kappa shape index (κ3) is 3.37. The van der Waals surface area contributed by atoms with Gasteiger partial charge in [0, 0.05) is 12.7 Å². The van der Waals surface area contributed by atoms with E-state index in [4.69, 9.17) is 10.2 Å². The van der Waals surface area contributed by atoms with Gasteiger partial charge >= 0.3 is 0 Å². The summed E-state index contributed by atoms with van der Waals surface area (Å²) in [4.78, 5) is 4.30. The first-order valence-electron chi connectivity index (χ1n) is 6.96. The molecule has 0 spiro atoms. The zero-order valence-electron chi connectivity index (χ0n) is 12.3. The van der Waals surface area contributed by atoms with E-state index in [-0.39, 0.29) is 0 Å². The highest BCUT2D eigenvalue weighted by Gasteiger charge is 2.13. The highest BCUT2D eigenvalue weighted by atomic mass is 32.2. The summed E-state index contributed by atoms with van der Waals surface area (Å²) in [5.74, 6) is 2.14. The lowest BCUT2D eigenvalue weighted by molar-refractivity contribution is 0.521. The van der Waals surface area contributed by atoms with Crippen molar-refractivity contribution < 1.29 is 4.42 Å². The lowest BCUT2D eigenvalue weighted by Crippen LogP contribution is -2.10. The number of aromatic nitrogens is 4. The number of hydrogen-bond donors (Lipinski definition) is 1. The summed E-state index contributed by atoms with van der Waals surface area (Å²) >= 11 is 1.58. The van der Waals surface area contributed by atoms with Gasteiger partial charge in [-0.25, -0.2) is 4.98 Å². The fourth-order valence-corrected chi connectivity index (χ4v) is 2.95. The summed E-state index contributed by atoms with van der Waals surface area (Å²) < 4.78 is 7.27. The van der Waals surface area contributed by atoms with Crippen LogP contribution in [0.25, 0.3) is 0 Å². The maximum atomic E-state index is 5.77. The molecular formula is C15H17N5OS. The summed E-state index contributed by atoms with van der Waals surface area (Å²) in [6.07, 6.45) is 1.67. The normalized spacial score (nSPS) is 11.0. The largest absolute Gasteiger partial charge is 0.449 e. The van der Waals surface area contributed by atoms with Gasteiger partial charge in [0.05, 0.1) is 18.8 Å². The second-order valence-corrected chi connectivity index (χ2v) is 5.76. The maximum Gasteiger partial charge on any atom is 0.191 e. The van der Waals surface area contributed by atoms with Crippen molar-refractivity contribution >= 4 is 11.8 Å². The van der Waals surface area contributed by atoms with Gasteiger partial charge in [-0.1, -0.05) is 42.1 Å². The molecule has 0 unspecified atom stereocenters. The van der Waals surface area contributed by atoms with E-state index in [1.165, 1.54) is 5.56 Å². The average molecular weight is 315 g/mol. The van der Waals surface area contributed by atoms with E-state index < -0.39 is 0 Å². The van der Waals surface area contributed by atoms with E-state index in [9.17, 15) is 0 Å². The molecule has 0 aliphatic rings. The summed E-state index contributed by atoms with van der Waals surface area (Å²) in [7, 11) is 0. The van der Waals surface area contributed by atoms with Crippen LogP contribution in [0.5, 0.6) is 0 Å². The smallest absolute Gasteiger partial charge is 0.191 e. The topological polar surface area (TPSA) is 82.8 Å². The highest BCUT2D eigenvalue weighted by molar-refractivity contribution is 7.98. The summed E-state index contributed by atoms with van der Waals surface area (Å²) in [6, 6.07) is 10.2. The minimum absolute atomic E-state index is 0.365. The van der Waals surface area contributed by atoms with E-state index in [1.807, 2.05) is 29.7 Å². The summed E-state index contributed by atoms with van der Waals surface area (Å²) in [6.45, 7) is 2.91. The first-order valence-corrected chi connectivity index (χ1v) is 7.94. The molecule has 3 aromatic rings. The van der Waals surface area contributed by atoms with Gasteiger partial charge in [0.15, 0.2) is 11.0 Å². The van der Waals surface area contributed by atoms with Gasteiger partial charge in [-0.05, 0) is 5.56 Å². The molecule has 0 saturated carbocycles. The molecule has 1 aromatic carbocycles. The number of nitrogens with two attached hydrogens (primary N) is 1. The number of oxazole rings is 1. The van der Waals surface area contributed by atoms with Gasteiger partial charge in [0.2, 0.25) is 0 Å². The van der Waals surface area contributed by atoms with Crippen molar-refractivity contribution in [3.8, 4) is 0 Å². The quantitative estimate of drug-likeness (QED) is 0.703. The molecule has 0 radical (unpaired) electrons. The predicted molar refractivity (Wildman–Crippen MR) is 84.3 cm³/mol. The average Bonchev–Trinajstić information content (AvgIpc) is 3.12. The second kappa shape index (κ2) is 6.76. The number of nitrogens with zero attached hydrogens (tertiary/aromatic N) is 4. The van der Waals surface area contributed by atoms with Crippen LogP contribution < -0.4 is 5.73 Å². The van der Waals surface area contributed by atoms with Crippen molar-refractivity contribution in [3.05, 3.63) is 59.6 Å². The molecule has 2 heterocycles. The Labute approximate surface area is 132 Å². The maximum absolute atomic E-state index is 5.77. The molecule has 2 N–H and O–H groups in total. The van der Waals surface area contributed by atoms with Crippen LogP contribution >= 0.6 is 11.8 Å². The first-order chi connectivity index (χ1) is 10.8. The molecule has 0 fully saturated rings. The zero-order chi connectivity index (χ0) is 15.4. The van der Waals surface area contributed by atoms with Crippen molar-refractivity contribution in [2.45, 2.75) is 30.9 Å². The molecule has 0 amide bonds. The first kappa shape index (κ1) is 14.8. The van der Waals surface area contributed by atoms with Crippen LogP contribution in [-0.2, 0) is 18.8 Å². The molecule has 3 rings (SSSR count). The number of rotatable bonds is 6. The molecular weight excluding hydrogens is 298 g/mol. The summed E-state index contributed by atoms with van der Waals surface area (Å²) in [5, 5.41) is 9.25. The molecule has 6 nitrogen and oxygen atoms in total. The Morgan fingerprint density at radius 2 is 2.05 bits per heavy atom. The van der Waals surface area contributed by atoms with Gasteiger partial charge in [0.1, 0.15) is 12.1 Å². The molecule has 0 saturated heterocycles. The Balaban J connectivity index is 1.77. The van der Waals surface area contributed by atoms with Crippen LogP contribution in [0.15, 0.2) is 46.2 Å². The van der Waals surface area contributed by atoms with Crippen molar-refractivity contribution in [1.82, 2.24) is 19.7 Å². The third-order valence-corrected chi connectivity index (χ3v) is 4.18. The molecule has 114 valence electrons. The van der Waals surface area contributed by atoms with Gasteiger partial charge in [0.25, 0.3) is 0 Å². The second-order valence-electron chi connectivity index (χ2n) is 4.82. The lowest BCUT2D eigenvalue weighted by Gasteiger charge is -2.08. The molecule has 2 aromatic heterocycles. The molecule has 22 heavy (non-hydrogen) atoms. The van der Waals surface area contributed by atoms with Crippen molar-refractivity contribution in [2.24, 2.45) is 5.73 Å². The van der Waals surface area contributed by atoms with Crippen LogP contribution in [0.4, 0.5) is 0 Å². The van der Waals surface area contributed by atoms with E-state index in [0.29, 0.717) is 24.7 Å². The summed E-state index contributed by atoms with van der Waals surface area (Å²) in [5.41, 5.74) is 7.85. The van der Waals surface area contributed by atoms with Gasteiger partial charge < -0.3 is 14.7 Å². The molecule has 0 atom stereocenters. The van der Waals surface area contributed by atoms with Crippen LogP contribution in [-0.4, -0.2) is 19.7 Å². The van der Waals surface area contributed by atoms with E-state index in [1.54, 1.807) is 18.0 Å². The SMILES string of the molecule is Cc1nc(CSc2nnc(CN)n2Cc2ccccc2)co1. The van der Waals surface area contributed by atoms with Crippen LogP contribution in [0.2, 0.25) is 0 Å². The number of benzene rings is 1. The van der Waals surface area contributed by atoms with Crippen molar-refractivity contribution in [3.63, 3.8) is 0 Å². The van der Waals surface area contributed by atoms with Gasteiger partial charge in [-0.15, -0.1) is 10.2 Å². The monoisotopic (exact) mass is 315 g/mol. The molecule has 0 aliphatic heterocycles. The number of aryl methyl sites for hydroxylation is 1. The van der Waals surface area contributed by atoms with Gasteiger partial charge in [-0.2, -0.15) is 0 Å². The van der Waals surface area contributed by atoms with Gasteiger partial charge in [-0.3, -0.25) is 0 Å². The Morgan fingerprint density at radius 1 is 1.23 bits per heavy atom. The van der Waals surface area contributed by atoms with Crippen LogP contribution in [0, 0.1) is 6.92 Å². The van der Waals surface area contributed by atoms with E-state index in [0.717, 1.165) is 16.7 Å². The third-order valence-electron chi connectivity index (χ3n) is 3.18. The highest BCUT2D eigenvalue weighted by Crippen LogP contribution is 2.22. The van der Waals surface area contributed by atoms with Crippen LogP contribution in [0.1, 0.15) is 23.0 Å². The molecule has 0 bridgehead atoms. The minimum atomic E-state index is 0.365. The Bertz CT molecular complexity index is 737. The number of hydrogen-bond acceptors (Lipinski definition) is 6. The Morgan fingerprint density at radius 3 is 2.73 bits per heavy atom. The van der Waals surface area contributed by atoms with Crippen molar-refractivity contribution in [2.75, 3.05) is 0 Å². The molecule has 7 heteroatoms. The van der Waals surface area contributed by atoms with Crippen LogP contribution in [0.3, 0.4) is 0 Å². The fourth-order valence-electron chi connectivity index (χ4n) is 2.11. The Hall–Kier alpha value is -2.12. The van der Waals surface area contributed by atoms with E-state index in [2.05, 4.69) is 27.3 Å². The number of thioether (sulfide) groups is 1. The Kier molecular flexibility index (Phi) is 4.55. The minimum Gasteiger partial charge on any atom is -0.449 e. The zero-order valence-corrected chi connectivity index (χ0v) is 13.1. The predicted octanol–water partition coefficient (Wildman–Crippen LogP) is 2.37. The fraction of sp³-hybridized carbons (Fsp3) is 0.267. The van der Waals surface area contributed by atoms with Crippen molar-refractivity contribution in [1.29, 1.82) is 0 Å².